The molecule has 3 heterocycles. The minimum Gasteiger partial charge on any atom is -0.305 e. The fourth-order valence-electron chi connectivity index (χ4n) is 3.93. The fraction of sp³-hybridized carbons (Fsp3) is 0.154. The molecule has 2 N–H and O–H groups in total. The molecule has 2 aromatic carbocycles. The largest absolute Gasteiger partial charge is 0.305 e. The summed E-state index contributed by atoms with van der Waals surface area (Å²) in [5, 5.41) is 8.56. The highest BCUT2D eigenvalue weighted by Crippen LogP contribution is 2.25. The fourth-order valence-corrected chi connectivity index (χ4v) is 3.93. The number of fused-ring (bicyclic) bond motifs is 1. The number of H-pyrrole nitrogens is 1. The van der Waals surface area contributed by atoms with Crippen LogP contribution in [0.15, 0.2) is 85.3 Å². The van der Waals surface area contributed by atoms with Crippen LogP contribution in [0, 0.1) is 13.8 Å². The summed E-state index contributed by atoms with van der Waals surface area (Å²) < 4.78 is 4.12. The predicted molar refractivity (Wildman–Crippen MR) is 123 cm³/mol. The van der Waals surface area contributed by atoms with E-state index in [2.05, 4.69) is 95.7 Å². The Morgan fingerprint density at radius 1 is 0.968 bits per heavy atom. The van der Waals surface area contributed by atoms with Crippen LogP contribution in [0.3, 0.4) is 0 Å². The third-order valence-electron chi connectivity index (χ3n) is 5.55. The Morgan fingerprint density at radius 2 is 1.81 bits per heavy atom. The normalized spacial score (nSPS) is 11.3. The summed E-state index contributed by atoms with van der Waals surface area (Å²) in [6.07, 6.45) is 6.33. The number of hydrogen-bond acceptors (Lipinski definition) is 2. The predicted octanol–water partition coefficient (Wildman–Crippen LogP) is 4.51. The van der Waals surface area contributed by atoms with Gasteiger partial charge in [0.2, 0.25) is 0 Å². The topological polar surface area (TPSA) is 49.7 Å². The number of aromatic amines is 1. The van der Waals surface area contributed by atoms with Crippen LogP contribution >= 0.6 is 0 Å². The summed E-state index contributed by atoms with van der Waals surface area (Å²) in [6, 6.07) is 23.0. The Morgan fingerprint density at radius 3 is 2.65 bits per heavy atom. The molecule has 0 aliphatic rings. The van der Waals surface area contributed by atoms with Crippen molar-refractivity contribution in [1.82, 2.24) is 20.1 Å². The molecule has 5 rings (SSSR count). The quantitative estimate of drug-likeness (QED) is 0.406. The number of pyridine rings is 1. The average Bonchev–Trinajstić information content (AvgIpc) is 3.40. The van der Waals surface area contributed by atoms with Gasteiger partial charge in [-0.3, -0.25) is 0 Å². The highest BCUT2D eigenvalue weighted by molar-refractivity contribution is 5.63. The van der Waals surface area contributed by atoms with Gasteiger partial charge in [0, 0.05) is 29.9 Å². The lowest BCUT2D eigenvalue weighted by molar-refractivity contribution is -0.510. The van der Waals surface area contributed by atoms with Crippen LogP contribution in [0.4, 0.5) is 0 Å². The van der Waals surface area contributed by atoms with Gasteiger partial charge in [-0.15, -0.1) is 0 Å². The van der Waals surface area contributed by atoms with E-state index in [1.54, 1.807) is 0 Å². The number of benzene rings is 2. The lowest BCUT2D eigenvalue weighted by Crippen LogP contribution is -2.17. The number of aryl methyl sites for hydroxylation is 2. The van der Waals surface area contributed by atoms with Crippen LogP contribution in [0.25, 0.3) is 22.6 Å². The summed E-state index contributed by atoms with van der Waals surface area (Å²) in [6.45, 7) is 5.73. The maximum Gasteiger partial charge on any atom is 0.284 e. The highest BCUT2D eigenvalue weighted by Gasteiger charge is 2.14. The van der Waals surface area contributed by atoms with Crippen LogP contribution in [-0.2, 0) is 13.1 Å². The first-order valence-corrected chi connectivity index (χ1v) is 10.6. The van der Waals surface area contributed by atoms with Crippen LogP contribution < -0.4 is 9.72 Å². The van der Waals surface area contributed by atoms with Gasteiger partial charge in [-0.2, -0.15) is 5.10 Å². The Balaban J connectivity index is 1.43. The monoisotopic (exact) mass is 408 g/mol. The SMILES string of the molecule is Cc1ccc(C)c(-n2cc(CNCc3c[n+]4ccccc4[nH]3)c(-c3ccccc3)n2)c1. The molecule has 3 aromatic heterocycles. The molecule has 0 bridgehead atoms. The zero-order valence-electron chi connectivity index (χ0n) is 17.8. The molecule has 0 saturated carbocycles. The van der Waals surface area contributed by atoms with Crippen molar-refractivity contribution < 1.29 is 4.40 Å². The van der Waals surface area contributed by atoms with E-state index in [4.69, 9.17) is 5.10 Å². The van der Waals surface area contributed by atoms with E-state index >= 15 is 0 Å². The summed E-state index contributed by atoms with van der Waals surface area (Å²) in [7, 11) is 0. The van der Waals surface area contributed by atoms with Crippen molar-refractivity contribution in [3.63, 3.8) is 0 Å². The third-order valence-corrected chi connectivity index (χ3v) is 5.55. The smallest absolute Gasteiger partial charge is 0.284 e. The third kappa shape index (κ3) is 4.00. The molecular weight excluding hydrogens is 382 g/mol. The number of rotatable bonds is 6. The van der Waals surface area contributed by atoms with E-state index in [-0.39, 0.29) is 0 Å². The van der Waals surface area contributed by atoms with Crippen molar-refractivity contribution in [3.8, 4) is 16.9 Å². The maximum atomic E-state index is 4.98. The van der Waals surface area contributed by atoms with Gasteiger partial charge in [-0.05, 0) is 37.1 Å². The van der Waals surface area contributed by atoms with Crippen LogP contribution in [0.1, 0.15) is 22.4 Å². The number of nitrogens with zero attached hydrogens (tertiary/aromatic N) is 3. The van der Waals surface area contributed by atoms with Crippen LogP contribution in [-0.4, -0.2) is 14.8 Å². The van der Waals surface area contributed by atoms with Crippen molar-refractivity contribution in [2.24, 2.45) is 0 Å². The average molecular weight is 409 g/mol. The minimum absolute atomic E-state index is 0.731. The zero-order chi connectivity index (χ0) is 21.2. The van der Waals surface area contributed by atoms with Crippen molar-refractivity contribution in [2.45, 2.75) is 26.9 Å². The second kappa shape index (κ2) is 8.20. The van der Waals surface area contributed by atoms with Gasteiger partial charge < -0.3 is 5.32 Å². The first-order chi connectivity index (χ1) is 15.2. The molecule has 0 amide bonds. The van der Waals surface area contributed by atoms with E-state index in [1.165, 1.54) is 16.7 Å². The van der Waals surface area contributed by atoms with Crippen LogP contribution in [0.5, 0.6) is 0 Å². The molecule has 5 aromatic rings. The molecule has 0 radical (unpaired) electrons. The maximum absolute atomic E-state index is 4.98. The number of hydrogen-bond donors (Lipinski definition) is 2. The van der Waals surface area contributed by atoms with Gasteiger partial charge in [-0.25, -0.2) is 14.1 Å². The Kier molecular flexibility index (Phi) is 5.10. The molecule has 31 heavy (non-hydrogen) atoms. The minimum atomic E-state index is 0.731. The standard InChI is InChI=1S/C26H25N5/c1-19-11-12-20(2)24(14-19)31-17-22(26(29-31)21-8-4-3-5-9-21)15-27-16-23-18-30-13-7-6-10-25(30)28-23/h3-14,17-18,27H,15-16H2,1-2H3/p+1. The van der Waals surface area contributed by atoms with Crippen molar-refractivity contribution in [3.05, 3.63) is 108 Å². The lowest BCUT2D eigenvalue weighted by Gasteiger charge is -2.06. The molecular formula is C26H26N5+. The van der Waals surface area contributed by atoms with Gasteiger partial charge in [0.25, 0.3) is 5.65 Å². The van der Waals surface area contributed by atoms with E-state index < -0.39 is 0 Å². The first kappa shape index (κ1) is 19.3. The summed E-state index contributed by atoms with van der Waals surface area (Å²) in [5.74, 6) is 0. The summed E-state index contributed by atoms with van der Waals surface area (Å²) >= 11 is 0. The summed E-state index contributed by atoms with van der Waals surface area (Å²) in [4.78, 5) is 3.45. The van der Waals surface area contributed by atoms with E-state index in [1.807, 2.05) is 22.9 Å². The van der Waals surface area contributed by atoms with E-state index in [0.717, 1.165) is 41.4 Å². The van der Waals surface area contributed by atoms with Crippen LogP contribution in [0.2, 0.25) is 0 Å². The Labute approximate surface area is 182 Å². The molecule has 0 aliphatic carbocycles. The number of nitrogens with one attached hydrogen (secondary N) is 2. The molecule has 0 aliphatic heterocycles. The molecule has 0 spiro atoms. The number of aromatic nitrogens is 4. The van der Waals surface area contributed by atoms with Gasteiger partial charge in [0.1, 0.15) is 6.20 Å². The molecule has 0 saturated heterocycles. The first-order valence-electron chi connectivity index (χ1n) is 10.6. The van der Waals surface area contributed by atoms with Crippen molar-refractivity contribution in [1.29, 1.82) is 0 Å². The molecule has 0 unspecified atom stereocenters. The summed E-state index contributed by atoms with van der Waals surface area (Å²) in [5.41, 5.74) is 9.12. The second-order valence-electron chi connectivity index (χ2n) is 7.98. The van der Waals surface area contributed by atoms with Crippen molar-refractivity contribution in [2.75, 3.05) is 0 Å². The molecule has 5 nitrogen and oxygen atoms in total. The Bertz CT molecular complexity index is 1300. The molecule has 0 atom stereocenters. The van der Waals surface area contributed by atoms with Gasteiger partial charge in [0.15, 0.2) is 5.69 Å². The molecule has 154 valence electrons. The lowest BCUT2D eigenvalue weighted by atomic mass is 10.1. The molecule has 5 heteroatoms. The van der Waals surface area contributed by atoms with E-state index in [0.29, 0.717) is 0 Å². The second-order valence-corrected chi connectivity index (χ2v) is 7.98. The van der Waals surface area contributed by atoms with Gasteiger partial charge in [0.05, 0.1) is 24.1 Å². The van der Waals surface area contributed by atoms with E-state index in [9.17, 15) is 0 Å². The van der Waals surface area contributed by atoms with Crippen molar-refractivity contribution >= 4 is 5.65 Å². The molecule has 0 fully saturated rings. The van der Waals surface area contributed by atoms with Gasteiger partial charge >= 0.3 is 0 Å². The Hall–Kier alpha value is -3.70. The highest BCUT2D eigenvalue weighted by atomic mass is 15.3. The number of imidazole rings is 1. The zero-order valence-corrected chi connectivity index (χ0v) is 17.8. The van der Waals surface area contributed by atoms with Gasteiger partial charge in [-0.1, -0.05) is 48.5 Å².